The highest BCUT2D eigenvalue weighted by Gasteiger charge is 2.23. The lowest BCUT2D eigenvalue weighted by Gasteiger charge is -2.12. The van der Waals surface area contributed by atoms with Crippen LogP contribution in [0.1, 0.15) is 25.6 Å². The summed E-state index contributed by atoms with van der Waals surface area (Å²) >= 11 is 0. The van der Waals surface area contributed by atoms with E-state index in [4.69, 9.17) is 9.68 Å². The molecule has 0 aliphatic carbocycles. The monoisotopic (exact) mass is 228 g/mol. The Morgan fingerprint density at radius 2 is 2.20 bits per heavy atom. The maximum absolute atomic E-state index is 11.5. The molecular weight excluding hydrogens is 216 g/mol. The summed E-state index contributed by atoms with van der Waals surface area (Å²) in [6.45, 7) is 2.98. The molecule has 5 nitrogen and oxygen atoms in total. The summed E-state index contributed by atoms with van der Waals surface area (Å²) in [6.07, 6.45) is 1.47. The normalized spacial score (nSPS) is 15.5. The van der Waals surface area contributed by atoms with Gasteiger partial charge in [-0.05, 0) is 26.0 Å². The third-order valence-electron chi connectivity index (χ3n) is 1.96. The van der Waals surface area contributed by atoms with E-state index in [0.717, 1.165) is 0 Å². The summed E-state index contributed by atoms with van der Waals surface area (Å²) in [5, 5.41) is 7.45. The summed E-state index contributed by atoms with van der Waals surface area (Å²) in [4.78, 5) is 0. The molecule has 0 amide bonds. The smallest absolute Gasteiger partial charge is 0.228 e. The third-order valence-corrected chi connectivity index (χ3v) is 3.68. The van der Waals surface area contributed by atoms with Gasteiger partial charge in [-0.3, -0.25) is 0 Å². The molecule has 1 rings (SSSR count). The number of nitrogens with zero attached hydrogens (tertiary/aromatic N) is 1. The molecule has 1 aromatic heterocycles. The van der Waals surface area contributed by atoms with E-state index < -0.39 is 21.3 Å². The van der Waals surface area contributed by atoms with E-state index in [2.05, 4.69) is 4.72 Å². The lowest BCUT2D eigenvalue weighted by molar-refractivity contribution is 0.458. The standard InChI is InChI=1S/C9H12N2O3S/c1-7(6-10)15(12,13)11-8(2)9-4-3-5-14-9/h3-5,7-8,11H,1-2H3. The quantitative estimate of drug-likeness (QED) is 0.838. The summed E-state index contributed by atoms with van der Waals surface area (Å²) in [5.41, 5.74) is 0. The van der Waals surface area contributed by atoms with Crippen molar-refractivity contribution < 1.29 is 12.8 Å². The van der Waals surface area contributed by atoms with E-state index in [1.807, 2.05) is 0 Å². The van der Waals surface area contributed by atoms with Crippen LogP contribution in [0, 0.1) is 11.3 Å². The molecule has 0 saturated heterocycles. The van der Waals surface area contributed by atoms with E-state index >= 15 is 0 Å². The molecule has 0 saturated carbocycles. The van der Waals surface area contributed by atoms with Crippen LogP contribution >= 0.6 is 0 Å². The molecule has 2 atom stereocenters. The first-order chi connectivity index (χ1) is 6.97. The zero-order valence-corrected chi connectivity index (χ0v) is 9.28. The highest BCUT2D eigenvalue weighted by Crippen LogP contribution is 2.14. The van der Waals surface area contributed by atoms with Gasteiger partial charge in [-0.1, -0.05) is 0 Å². The van der Waals surface area contributed by atoms with Gasteiger partial charge in [0, 0.05) is 0 Å². The van der Waals surface area contributed by atoms with Crippen molar-refractivity contribution in [1.82, 2.24) is 4.72 Å². The topological polar surface area (TPSA) is 83.1 Å². The summed E-state index contributed by atoms with van der Waals surface area (Å²) < 4.78 is 30.4. The SMILES string of the molecule is CC(NS(=O)(=O)C(C)C#N)c1ccco1. The highest BCUT2D eigenvalue weighted by molar-refractivity contribution is 7.90. The lowest BCUT2D eigenvalue weighted by Crippen LogP contribution is -2.33. The molecule has 15 heavy (non-hydrogen) atoms. The summed E-state index contributed by atoms with van der Waals surface area (Å²) in [5.74, 6) is 0.517. The molecule has 1 aromatic rings. The fourth-order valence-electron chi connectivity index (χ4n) is 1.01. The van der Waals surface area contributed by atoms with Gasteiger partial charge in [0.15, 0.2) is 5.25 Å². The van der Waals surface area contributed by atoms with Crippen molar-refractivity contribution in [3.63, 3.8) is 0 Å². The first-order valence-corrected chi connectivity index (χ1v) is 5.96. The molecule has 0 aliphatic rings. The van der Waals surface area contributed by atoms with E-state index in [1.54, 1.807) is 25.1 Å². The van der Waals surface area contributed by atoms with E-state index in [9.17, 15) is 8.42 Å². The van der Waals surface area contributed by atoms with Gasteiger partial charge in [0.2, 0.25) is 10.0 Å². The molecular formula is C9H12N2O3S. The van der Waals surface area contributed by atoms with Crippen molar-refractivity contribution in [3.05, 3.63) is 24.2 Å². The van der Waals surface area contributed by atoms with Crippen LogP contribution in [-0.4, -0.2) is 13.7 Å². The van der Waals surface area contributed by atoms with Gasteiger partial charge in [0.05, 0.1) is 18.4 Å². The van der Waals surface area contributed by atoms with Gasteiger partial charge < -0.3 is 4.42 Å². The van der Waals surface area contributed by atoms with Gasteiger partial charge in [0.25, 0.3) is 0 Å². The van der Waals surface area contributed by atoms with E-state index in [1.165, 1.54) is 13.2 Å². The molecule has 0 aliphatic heterocycles. The minimum atomic E-state index is -3.61. The van der Waals surface area contributed by atoms with Crippen molar-refractivity contribution in [3.8, 4) is 6.07 Å². The van der Waals surface area contributed by atoms with Gasteiger partial charge in [0.1, 0.15) is 5.76 Å². The van der Waals surface area contributed by atoms with Crippen LogP contribution in [0.15, 0.2) is 22.8 Å². The molecule has 1 heterocycles. The number of nitrogens with one attached hydrogen (secondary N) is 1. The lowest BCUT2D eigenvalue weighted by atomic mass is 10.3. The molecule has 0 fully saturated rings. The number of sulfonamides is 1. The Hall–Kier alpha value is -1.32. The molecule has 0 aromatic carbocycles. The average molecular weight is 228 g/mol. The Kier molecular flexibility index (Phi) is 3.50. The Labute approximate surface area is 88.8 Å². The number of rotatable bonds is 4. The minimum absolute atomic E-state index is 0.471. The maximum atomic E-state index is 11.5. The van der Waals surface area contributed by atoms with Crippen molar-refractivity contribution in [1.29, 1.82) is 5.26 Å². The van der Waals surface area contributed by atoms with E-state index in [0.29, 0.717) is 5.76 Å². The average Bonchev–Trinajstić information content (AvgIpc) is 2.68. The minimum Gasteiger partial charge on any atom is -0.468 e. The first-order valence-electron chi connectivity index (χ1n) is 4.41. The van der Waals surface area contributed by atoms with Gasteiger partial charge in [-0.15, -0.1) is 0 Å². The largest absolute Gasteiger partial charge is 0.468 e. The second-order valence-corrected chi connectivity index (χ2v) is 5.20. The van der Waals surface area contributed by atoms with Gasteiger partial charge in [-0.2, -0.15) is 5.26 Å². The number of nitriles is 1. The van der Waals surface area contributed by atoms with Crippen LogP contribution in [-0.2, 0) is 10.0 Å². The second kappa shape index (κ2) is 4.47. The summed E-state index contributed by atoms with van der Waals surface area (Å²) in [7, 11) is -3.61. The molecule has 0 spiro atoms. The van der Waals surface area contributed by atoms with Crippen molar-refractivity contribution in [2.45, 2.75) is 25.1 Å². The Morgan fingerprint density at radius 1 is 1.53 bits per heavy atom. The maximum Gasteiger partial charge on any atom is 0.228 e. The second-order valence-electron chi connectivity index (χ2n) is 3.17. The molecule has 0 radical (unpaired) electrons. The molecule has 0 bridgehead atoms. The molecule has 82 valence electrons. The fourth-order valence-corrected chi connectivity index (χ4v) is 1.97. The Balaban J connectivity index is 2.76. The third kappa shape index (κ3) is 2.81. The van der Waals surface area contributed by atoms with Crippen LogP contribution in [0.25, 0.3) is 0 Å². The number of hydrogen-bond acceptors (Lipinski definition) is 4. The van der Waals surface area contributed by atoms with Crippen LogP contribution in [0.5, 0.6) is 0 Å². The predicted molar refractivity (Wildman–Crippen MR) is 54.3 cm³/mol. The summed E-state index contributed by atoms with van der Waals surface area (Å²) in [6, 6.07) is 4.55. The predicted octanol–water partition coefficient (Wildman–Crippen LogP) is 1.17. The fraction of sp³-hybridized carbons (Fsp3) is 0.444. The van der Waals surface area contributed by atoms with Crippen molar-refractivity contribution in [2.24, 2.45) is 0 Å². The molecule has 1 N–H and O–H groups in total. The van der Waals surface area contributed by atoms with Crippen LogP contribution < -0.4 is 4.72 Å². The van der Waals surface area contributed by atoms with Crippen LogP contribution in [0.3, 0.4) is 0 Å². The first kappa shape index (κ1) is 11.8. The van der Waals surface area contributed by atoms with Crippen molar-refractivity contribution >= 4 is 10.0 Å². The number of hydrogen-bond donors (Lipinski definition) is 1. The zero-order valence-electron chi connectivity index (χ0n) is 8.47. The van der Waals surface area contributed by atoms with Crippen molar-refractivity contribution in [2.75, 3.05) is 0 Å². The molecule has 6 heteroatoms. The van der Waals surface area contributed by atoms with Crippen LogP contribution in [0.4, 0.5) is 0 Å². The zero-order chi connectivity index (χ0) is 11.5. The Morgan fingerprint density at radius 3 is 2.67 bits per heavy atom. The molecule has 2 unspecified atom stereocenters. The number of furan rings is 1. The van der Waals surface area contributed by atoms with Gasteiger partial charge in [-0.25, -0.2) is 13.1 Å². The van der Waals surface area contributed by atoms with Gasteiger partial charge >= 0.3 is 0 Å². The van der Waals surface area contributed by atoms with E-state index in [-0.39, 0.29) is 0 Å². The van der Waals surface area contributed by atoms with Crippen LogP contribution in [0.2, 0.25) is 0 Å². The highest BCUT2D eigenvalue weighted by atomic mass is 32.2. The Bertz CT molecular complexity index is 444.